The topological polar surface area (TPSA) is 78.8 Å². The fraction of sp³-hybridized carbons (Fsp3) is 0.500. The lowest BCUT2D eigenvalue weighted by Crippen LogP contribution is -2.07. The third-order valence-corrected chi connectivity index (χ3v) is 1.92. The molecule has 0 aliphatic rings. The van der Waals surface area contributed by atoms with Crippen molar-refractivity contribution in [1.82, 2.24) is 10.2 Å². The molecule has 1 aromatic heterocycles. The van der Waals surface area contributed by atoms with E-state index in [2.05, 4.69) is 10.2 Å². The molecule has 15 heavy (non-hydrogen) atoms. The number of rotatable bonds is 4. The van der Waals surface area contributed by atoms with Gasteiger partial charge < -0.3 is 4.74 Å². The van der Waals surface area contributed by atoms with Crippen molar-refractivity contribution in [3.05, 3.63) is 17.0 Å². The molecule has 0 radical (unpaired) electrons. The molecule has 0 saturated heterocycles. The number of hydrogen-bond donors (Lipinski definition) is 1. The molecule has 0 atom stereocenters. The van der Waals surface area contributed by atoms with Crippen molar-refractivity contribution in [2.45, 2.75) is 26.7 Å². The first-order chi connectivity index (χ1) is 7.24. The lowest BCUT2D eigenvalue weighted by Gasteiger charge is -1.97. The van der Waals surface area contributed by atoms with E-state index in [4.69, 9.17) is 10.00 Å². The fourth-order valence-corrected chi connectivity index (χ4v) is 1.28. The number of aryl methyl sites for hydroxylation is 1. The van der Waals surface area contributed by atoms with Crippen molar-refractivity contribution in [2.24, 2.45) is 0 Å². The average molecular weight is 207 g/mol. The summed E-state index contributed by atoms with van der Waals surface area (Å²) in [5.74, 6) is -0.548. The lowest BCUT2D eigenvalue weighted by molar-refractivity contribution is 0.0519. The number of nitrogens with zero attached hydrogens (tertiary/aromatic N) is 2. The Balaban J connectivity index is 2.99. The van der Waals surface area contributed by atoms with Gasteiger partial charge in [-0.2, -0.15) is 10.4 Å². The molecule has 0 spiro atoms. The molecule has 0 aromatic carbocycles. The molecule has 1 N–H and O–H groups in total. The molecule has 0 saturated carbocycles. The molecule has 5 nitrogen and oxygen atoms in total. The zero-order valence-corrected chi connectivity index (χ0v) is 8.83. The molecule has 0 fully saturated rings. The van der Waals surface area contributed by atoms with Crippen molar-refractivity contribution >= 4 is 5.97 Å². The largest absolute Gasteiger partial charge is 0.461 e. The zero-order valence-electron chi connectivity index (χ0n) is 8.83. The van der Waals surface area contributed by atoms with Crippen LogP contribution >= 0.6 is 0 Å². The summed E-state index contributed by atoms with van der Waals surface area (Å²) >= 11 is 0. The maximum atomic E-state index is 11.4. The van der Waals surface area contributed by atoms with Crippen LogP contribution in [0.3, 0.4) is 0 Å². The van der Waals surface area contributed by atoms with Gasteiger partial charge in [0.15, 0.2) is 5.69 Å². The molecule has 0 aliphatic heterocycles. The number of aromatic amines is 1. The Bertz CT molecular complexity index is 390. The third kappa shape index (κ3) is 2.34. The van der Waals surface area contributed by atoms with Crippen LogP contribution in [0.4, 0.5) is 0 Å². The van der Waals surface area contributed by atoms with Crippen LogP contribution in [0.5, 0.6) is 0 Å². The van der Waals surface area contributed by atoms with E-state index in [0.717, 1.165) is 6.42 Å². The quantitative estimate of drug-likeness (QED) is 0.757. The van der Waals surface area contributed by atoms with E-state index in [9.17, 15) is 4.79 Å². The number of hydrogen-bond acceptors (Lipinski definition) is 4. The highest BCUT2D eigenvalue weighted by Gasteiger charge is 2.19. The van der Waals surface area contributed by atoms with Gasteiger partial charge in [0.2, 0.25) is 0 Å². The van der Waals surface area contributed by atoms with Gasteiger partial charge in [-0.15, -0.1) is 0 Å². The van der Waals surface area contributed by atoms with E-state index in [1.165, 1.54) is 0 Å². The van der Waals surface area contributed by atoms with Crippen LogP contribution in [-0.2, 0) is 11.2 Å². The lowest BCUT2D eigenvalue weighted by atomic mass is 10.1. The van der Waals surface area contributed by atoms with Crippen LogP contribution in [0.25, 0.3) is 0 Å². The first kappa shape index (κ1) is 11.2. The Morgan fingerprint density at radius 3 is 2.87 bits per heavy atom. The molecule has 0 aliphatic carbocycles. The summed E-state index contributed by atoms with van der Waals surface area (Å²) < 4.78 is 4.79. The Morgan fingerprint density at radius 2 is 2.33 bits per heavy atom. The summed E-state index contributed by atoms with van der Waals surface area (Å²) in [6, 6.07) is 1.97. The van der Waals surface area contributed by atoms with Crippen LogP contribution in [0, 0.1) is 11.3 Å². The smallest absolute Gasteiger partial charge is 0.360 e. The van der Waals surface area contributed by atoms with E-state index in [-0.39, 0.29) is 12.3 Å². The first-order valence-electron chi connectivity index (χ1n) is 4.89. The predicted molar refractivity (Wildman–Crippen MR) is 53.3 cm³/mol. The Labute approximate surface area is 88.1 Å². The molecule has 0 amide bonds. The summed E-state index contributed by atoms with van der Waals surface area (Å²) in [7, 11) is 0. The van der Waals surface area contributed by atoms with Crippen molar-refractivity contribution in [3.8, 4) is 6.07 Å². The molecular weight excluding hydrogens is 194 g/mol. The van der Waals surface area contributed by atoms with E-state index in [0.29, 0.717) is 17.7 Å². The Kier molecular flexibility index (Phi) is 3.86. The van der Waals surface area contributed by atoms with Crippen LogP contribution < -0.4 is 0 Å². The third-order valence-electron chi connectivity index (χ3n) is 1.92. The standard InChI is InChI=1S/C10H13N3O2/c1-3-5-8-7(6-11)9(13-12-8)10(14)15-4-2/h3-5H2,1-2H3,(H,12,13). The number of nitriles is 1. The van der Waals surface area contributed by atoms with E-state index in [1.54, 1.807) is 6.92 Å². The summed E-state index contributed by atoms with van der Waals surface area (Å²) in [4.78, 5) is 11.4. The van der Waals surface area contributed by atoms with Crippen molar-refractivity contribution < 1.29 is 9.53 Å². The minimum Gasteiger partial charge on any atom is -0.461 e. The highest BCUT2D eigenvalue weighted by Crippen LogP contribution is 2.12. The molecule has 1 rings (SSSR count). The number of aromatic nitrogens is 2. The first-order valence-corrected chi connectivity index (χ1v) is 4.89. The van der Waals surface area contributed by atoms with E-state index < -0.39 is 5.97 Å². The minimum absolute atomic E-state index is 0.0859. The Morgan fingerprint density at radius 1 is 1.60 bits per heavy atom. The molecule has 5 heteroatoms. The van der Waals surface area contributed by atoms with Gasteiger partial charge in [-0.3, -0.25) is 5.10 Å². The molecule has 1 aromatic rings. The van der Waals surface area contributed by atoms with Gasteiger partial charge in [-0.25, -0.2) is 4.79 Å². The molecule has 0 bridgehead atoms. The van der Waals surface area contributed by atoms with Crippen LogP contribution in [0.1, 0.15) is 42.0 Å². The number of esters is 1. The number of carbonyl (C=O) groups excluding carboxylic acids is 1. The van der Waals surface area contributed by atoms with Crippen molar-refractivity contribution in [3.63, 3.8) is 0 Å². The van der Waals surface area contributed by atoms with Gasteiger partial charge in [0.25, 0.3) is 0 Å². The monoisotopic (exact) mass is 207 g/mol. The Hall–Kier alpha value is -1.83. The van der Waals surface area contributed by atoms with Gasteiger partial charge in [-0.1, -0.05) is 13.3 Å². The highest BCUT2D eigenvalue weighted by molar-refractivity contribution is 5.90. The van der Waals surface area contributed by atoms with Crippen molar-refractivity contribution in [2.75, 3.05) is 6.61 Å². The normalized spacial score (nSPS) is 9.67. The summed E-state index contributed by atoms with van der Waals surface area (Å²) in [5, 5.41) is 15.4. The van der Waals surface area contributed by atoms with E-state index in [1.807, 2.05) is 13.0 Å². The number of H-pyrrole nitrogens is 1. The van der Waals surface area contributed by atoms with Gasteiger partial charge in [0, 0.05) is 0 Å². The molecular formula is C10H13N3O2. The van der Waals surface area contributed by atoms with E-state index >= 15 is 0 Å². The maximum Gasteiger partial charge on any atom is 0.360 e. The predicted octanol–water partition coefficient (Wildman–Crippen LogP) is 1.41. The fourth-order valence-electron chi connectivity index (χ4n) is 1.28. The van der Waals surface area contributed by atoms with Crippen molar-refractivity contribution in [1.29, 1.82) is 5.26 Å². The van der Waals surface area contributed by atoms with Crippen LogP contribution in [0.2, 0.25) is 0 Å². The van der Waals surface area contributed by atoms with Crippen LogP contribution in [-0.4, -0.2) is 22.8 Å². The number of carbonyl (C=O) groups is 1. The van der Waals surface area contributed by atoms with Gasteiger partial charge >= 0.3 is 5.97 Å². The second-order valence-corrected chi connectivity index (χ2v) is 3.01. The SMILES string of the molecule is CCCc1[nH]nc(C(=O)OCC)c1C#N. The summed E-state index contributed by atoms with van der Waals surface area (Å²) in [6.07, 6.45) is 1.59. The van der Waals surface area contributed by atoms with Crippen LogP contribution in [0.15, 0.2) is 0 Å². The second kappa shape index (κ2) is 5.15. The average Bonchev–Trinajstić information content (AvgIpc) is 2.62. The number of ether oxygens (including phenoxy) is 1. The summed E-state index contributed by atoms with van der Waals surface area (Å²) in [5.41, 5.74) is 1.08. The second-order valence-electron chi connectivity index (χ2n) is 3.01. The minimum atomic E-state index is -0.548. The molecule has 80 valence electrons. The highest BCUT2D eigenvalue weighted by atomic mass is 16.5. The number of nitrogens with one attached hydrogen (secondary N) is 1. The van der Waals surface area contributed by atoms with Gasteiger partial charge in [0.05, 0.1) is 12.3 Å². The molecule has 0 unspecified atom stereocenters. The maximum absolute atomic E-state index is 11.4. The van der Waals surface area contributed by atoms with Gasteiger partial charge in [-0.05, 0) is 13.3 Å². The zero-order chi connectivity index (χ0) is 11.3. The molecule has 1 heterocycles. The summed E-state index contributed by atoms with van der Waals surface area (Å²) in [6.45, 7) is 3.98. The van der Waals surface area contributed by atoms with Gasteiger partial charge in [0.1, 0.15) is 11.6 Å².